The molecular weight excluding hydrogens is 422 g/mol. The van der Waals surface area contributed by atoms with Gasteiger partial charge in [-0.15, -0.1) is 11.3 Å². The van der Waals surface area contributed by atoms with Crippen molar-refractivity contribution < 1.29 is 9.53 Å². The van der Waals surface area contributed by atoms with Crippen molar-refractivity contribution in [3.8, 4) is 5.69 Å². The third kappa shape index (κ3) is 4.35. The molecule has 2 aromatic heterocycles. The van der Waals surface area contributed by atoms with Gasteiger partial charge < -0.3 is 4.74 Å². The number of aromatic nitrogens is 3. The van der Waals surface area contributed by atoms with Gasteiger partial charge in [0.25, 0.3) is 5.91 Å². The molecule has 1 fully saturated rings. The van der Waals surface area contributed by atoms with E-state index in [4.69, 9.17) is 9.84 Å². The van der Waals surface area contributed by atoms with Gasteiger partial charge in [-0.1, -0.05) is 17.7 Å². The lowest BCUT2D eigenvalue weighted by atomic mass is 10.2. The van der Waals surface area contributed by atoms with E-state index in [-0.39, 0.29) is 18.1 Å². The minimum absolute atomic E-state index is 0.177. The third-order valence-electron chi connectivity index (χ3n) is 6.08. The van der Waals surface area contributed by atoms with Crippen molar-refractivity contribution in [3.05, 3.63) is 57.9 Å². The van der Waals surface area contributed by atoms with Crippen LogP contribution in [0.15, 0.2) is 29.6 Å². The van der Waals surface area contributed by atoms with Crippen molar-refractivity contribution >= 4 is 22.4 Å². The summed E-state index contributed by atoms with van der Waals surface area (Å²) < 4.78 is 7.75. The first-order valence-electron chi connectivity index (χ1n) is 11.3. The number of benzene rings is 1. The van der Waals surface area contributed by atoms with Gasteiger partial charge in [0, 0.05) is 36.3 Å². The molecule has 168 valence electrons. The number of hydrogen-bond acceptors (Lipinski definition) is 6. The molecule has 0 bridgehead atoms. The lowest BCUT2D eigenvalue weighted by Crippen LogP contribution is -2.44. The number of ether oxygens (including phenoxy) is 1. The van der Waals surface area contributed by atoms with Crippen LogP contribution in [0.25, 0.3) is 5.69 Å². The highest BCUT2D eigenvalue weighted by atomic mass is 32.1. The Hall–Kier alpha value is -2.55. The van der Waals surface area contributed by atoms with Crippen LogP contribution < -0.4 is 5.32 Å². The normalized spacial score (nSPS) is 21.0. The van der Waals surface area contributed by atoms with Crippen LogP contribution in [0, 0.1) is 6.92 Å². The topological polar surface area (TPSA) is 72.3 Å². The Morgan fingerprint density at radius 1 is 1.19 bits per heavy atom. The Morgan fingerprint density at radius 3 is 2.69 bits per heavy atom. The third-order valence-corrected chi connectivity index (χ3v) is 6.88. The monoisotopic (exact) mass is 451 g/mol. The van der Waals surface area contributed by atoms with Crippen LogP contribution in [0.4, 0.5) is 5.13 Å². The van der Waals surface area contributed by atoms with Crippen LogP contribution in [-0.2, 0) is 24.1 Å². The van der Waals surface area contributed by atoms with Gasteiger partial charge in [0.2, 0.25) is 0 Å². The Labute approximate surface area is 192 Å². The van der Waals surface area contributed by atoms with E-state index in [2.05, 4.69) is 60.2 Å². The van der Waals surface area contributed by atoms with Crippen molar-refractivity contribution in [3.63, 3.8) is 0 Å². The number of aryl methyl sites for hydroxylation is 1. The molecule has 32 heavy (non-hydrogen) atoms. The maximum atomic E-state index is 13.1. The zero-order valence-corrected chi connectivity index (χ0v) is 19.6. The number of nitrogens with one attached hydrogen (secondary N) is 1. The maximum absolute atomic E-state index is 13.1. The van der Waals surface area contributed by atoms with Gasteiger partial charge in [-0.25, -0.2) is 9.67 Å². The SMILES string of the molecule is Cc1ccc(-n2nc(C(=O)Nc3nc(CN4CC(C)OC(C)C4)cs3)c3c2CCC3)cc1. The summed E-state index contributed by atoms with van der Waals surface area (Å²) in [5.41, 5.74) is 5.91. The second-order valence-corrected chi connectivity index (χ2v) is 9.78. The first-order chi connectivity index (χ1) is 15.5. The van der Waals surface area contributed by atoms with Gasteiger partial charge in [0.15, 0.2) is 10.8 Å². The van der Waals surface area contributed by atoms with Crippen molar-refractivity contribution in [2.75, 3.05) is 18.4 Å². The van der Waals surface area contributed by atoms with Gasteiger partial charge in [-0.05, 0) is 52.2 Å². The summed E-state index contributed by atoms with van der Waals surface area (Å²) in [6.45, 7) is 8.83. The van der Waals surface area contributed by atoms with Crippen LogP contribution in [0.2, 0.25) is 0 Å². The summed E-state index contributed by atoms with van der Waals surface area (Å²) >= 11 is 1.47. The maximum Gasteiger partial charge on any atom is 0.278 e. The first-order valence-corrected chi connectivity index (χ1v) is 12.2. The standard InChI is InChI=1S/C24H29N5O2S/c1-15-7-9-19(10-8-15)29-21-6-4-5-20(21)22(27-29)23(30)26-24-25-18(14-32-24)13-28-11-16(2)31-17(3)12-28/h7-10,14,16-17H,4-6,11-13H2,1-3H3,(H,25,26,30). The minimum Gasteiger partial charge on any atom is -0.373 e. The Balaban J connectivity index is 1.31. The first kappa shape index (κ1) is 21.3. The number of thiazole rings is 1. The molecule has 2 aliphatic rings. The predicted molar refractivity (Wildman–Crippen MR) is 126 cm³/mol. The second kappa shape index (κ2) is 8.77. The highest BCUT2D eigenvalue weighted by molar-refractivity contribution is 7.14. The van der Waals surface area contributed by atoms with Crippen LogP contribution in [0.5, 0.6) is 0 Å². The Morgan fingerprint density at radius 2 is 1.94 bits per heavy atom. The van der Waals surface area contributed by atoms with Crippen LogP contribution in [0.3, 0.4) is 0 Å². The second-order valence-electron chi connectivity index (χ2n) is 8.92. The molecule has 1 saturated heterocycles. The number of amides is 1. The van der Waals surface area contributed by atoms with Gasteiger partial charge >= 0.3 is 0 Å². The lowest BCUT2D eigenvalue weighted by Gasteiger charge is -2.34. The summed E-state index contributed by atoms with van der Waals surface area (Å²) in [6, 6.07) is 8.27. The van der Waals surface area contributed by atoms with Gasteiger partial charge in [-0.2, -0.15) is 5.10 Å². The van der Waals surface area contributed by atoms with E-state index >= 15 is 0 Å². The number of morpholine rings is 1. The van der Waals surface area contributed by atoms with Crippen LogP contribution in [-0.4, -0.2) is 50.9 Å². The predicted octanol–water partition coefficient (Wildman–Crippen LogP) is 3.99. The highest BCUT2D eigenvalue weighted by Gasteiger charge is 2.28. The molecule has 3 heterocycles. The molecule has 1 N–H and O–H groups in total. The van der Waals surface area contributed by atoms with Crippen molar-refractivity contribution in [2.45, 2.75) is 58.8 Å². The summed E-state index contributed by atoms with van der Waals surface area (Å²) in [5.74, 6) is -0.177. The van der Waals surface area contributed by atoms with Crippen LogP contribution in [0.1, 0.15) is 53.3 Å². The number of carbonyl (C=O) groups is 1. The minimum atomic E-state index is -0.177. The quantitative estimate of drug-likeness (QED) is 0.635. The molecule has 5 rings (SSSR count). The van der Waals surface area contributed by atoms with E-state index in [1.165, 1.54) is 16.9 Å². The zero-order valence-electron chi connectivity index (χ0n) is 18.8. The number of nitrogens with zero attached hydrogens (tertiary/aromatic N) is 4. The molecule has 1 aliphatic carbocycles. The Kier molecular flexibility index (Phi) is 5.84. The summed E-state index contributed by atoms with van der Waals surface area (Å²) in [5, 5.41) is 10.3. The van der Waals surface area contributed by atoms with E-state index in [0.717, 1.165) is 61.5 Å². The molecule has 0 spiro atoms. The zero-order chi connectivity index (χ0) is 22.2. The smallest absolute Gasteiger partial charge is 0.278 e. The number of rotatable bonds is 5. The number of fused-ring (bicyclic) bond motifs is 1. The fourth-order valence-corrected chi connectivity index (χ4v) is 5.45. The number of carbonyl (C=O) groups excluding carboxylic acids is 1. The van der Waals surface area contributed by atoms with E-state index in [9.17, 15) is 4.79 Å². The van der Waals surface area contributed by atoms with Gasteiger partial charge in [0.05, 0.1) is 23.6 Å². The fraction of sp³-hybridized carbons (Fsp3) is 0.458. The van der Waals surface area contributed by atoms with Crippen molar-refractivity contribution in [2.24, 2.45) is 0 Å². The van der Waals surface area contributed by atoms with E-state index in [1.807, 2.05) is 10.1 Å². The molecule has 7 nitrogen and oxygen atoms in total. The number of hydrogen-bond donors (Lipinski definition) is 1. The Bertz CT molecular complexity index is 1110. The molecule has 0 radical (unpaired) electrons. The molecule has 8 heteroatoms. The fourth-order valence-electron chi connectivity index (χ4n) is 4.76. The molecule has 1 aromatic carbocycles. The summed E-state index contributed by atoms with van der Waals surface area (Å²) in [4.78, 5) is 20.1. The van der Waals surface area contributed by atoms with E-state index < -0.39 is 0 Å². The molecule has 1 aliphatic heterocycles. The summed E-state index contributed by atoms with van der Waals surface area (Å²) in [6.07, 6.45) is 3.34. The largest absolute Gasteiger partial charge is 0.373 e. The van der Waals surface area contributed by atoms with Crippen LogP contribution >= 0.6 is 11.3 Å². The molecular formula is C24H29N5O2S. The lowest BCUT2D eigenvalue weighted by molar-refractivity contribution is -0.0707. The summed E-state index contributed by atoms with van der Waals surface area (Å²) in [7, 11) is 0. The van der Waals surface area contributed by atoms with E-state index in [1.54, 1.807) is 0 Å². The molecule has 1 amide bonds. The van der Waals surface area contributed by atoms with Crippen molar-refractivity contribution in [1.82, 2.24) is 19.7 Å². The van der Waals surface area contributed by atoms with Gasteiger partial charge in [-0.3, -0.25) is 15.0 Å². The molecule has 0 saturated carbocycles. The average molecular weight is 452 g/mol. The molecule has 2 unspecified atom stereocenters. The average Bonchev–Trinajstić information content (AvgIpc) is 3.45. The van der Waals surface area contributed by atoms with E-state index in [0.29, 0.717) is 10.8 Å². The van der Waals surface area contributed by atoms with Gasteiger partial charge in [0.1, 0.15) is 0 Å². The van der Waals surface area contributed by atoms with Crippen molar-refractivity contribution in [1.29, 1.82) is 0 Å². The molecule has 3 aromatic rings. The highest BCUT2D eigenvalue weighted by Crippen LogP contribution is 2.29. The molecule has 2 atom stereocenters. The number of anilines is 1.